The van der Waals surface area contributed by atoms with Crippen molar-refractivity contribution in [1.82, 2.24) is 4.98 Å². The number of pyridine rings is 1. The molecule has 0 aliphatic heterocycles. The molecule has 0 spiro atoms. The Bertz CT molecular complexity index is 502. The molecule has 2 aromatic rings. The summed E-state index contributed by atoms with van der Waals surface area (Å²) in [6.07, 6.45) is 5.10. The number of carbonyl (C=O) groups is 1. The number of unbranched alkanes of at least 4 members (excludes halogenated alkanes) is 1. The summed E-state index contributed by atoms with van der Waals surface area (Å²) in [5.41, 5.74) is 2.49. The first-order valence-corrected chi connectivity index (χ1v) is 6.36. The summed E-state index contributed by atoms with van der Waals surface area (Å²) in [7, 11) is 0. The highest BCUT2D eigenvalue weighted by Gasteiger charge is 2.09. The van der Waals surface area contributed by atoms with Gasteiger partial charge >= 0.3 is 0 Å². The lowest BCUT2D eigenvalue weighted by Crippen LogP contribution is -2.03. The molecule has 1 aromatic heterocycles. The minimum Gasteiger partial charge on any atom is -0.287 e. The van der Waals surface area contributed by atoms with E-state index in [9.17, 15) is 4.79 Å². The van der Waals surface area contributed by atoms with E-state index in [4.69, 9.17) is 0 Å². The van der Waals surface area contributed by atoms with Gasteiger partial charge in [0.2, 0.25) is 5.78 Å². The van der Waals surface area contributed by atoms with Gasteiger partial charge in [-0.25, -0.2) is 0 Å². The molecule has 0 bridgehead atoms. The maximum Gasteiger partial charge on any atom is 0.211 e. The van der Waals surface area contributed by atoms with Crippen LogP contribution in [0.25, 0.3) is 0 Å². The maximum atomic E-state index is 12.1. The van der Waals surface area contributed by atoms with E-state index in [1.54, 1.807) is 12.3 Å². The van der Waals surface area contributed by atoms with Gasteiger partial charge in [-0.1, -0.05) is 43.7 Å². The van der Waals surface area contributed by atoms with Crippen molar-refractivity contribution in [3.8, 4) is 0 Å². The highest BCUT2D eigenvalue weighted by atomic mass is 16.1. The van der Waals surface area contributed by atoms with Crippen LogP contribution in [-0.2, 0) is 6.42 Å². The van der Waals surface area contributed by atoms with Gasteiger partial charge in [0.1, 0.15) is 5.69 Å². The molecule has 0 radical (unpaired) electrons. The molecule has 2 nitrogen and oxygen atoms in total. The molecular weight excluding hydrogens is 222 g/mol. The predicted molar refractivity (Wildman–Crippen MR) is 72.7 cm³/mol. The molecule has 0 saturated carbocycles. The molecule has 0 fully saturated rings. The van der Waals surface area contributed by atoms with E-state index in [0.717, 1.165) is 6.42 Å². The Morgan fingerprint density at radius 3 is 2.50 bits per heavy atom. The number of hydrogen-bond donors (Lipinski definition) is 0. The van der Waals surface area contributed by atoms with Crippen LogP contribution in [0.5, 0.6) is 0 Å². The number of aromatic nitrogens is 1. The Hall–Kier alpha value is -1.96. The zero-order valence-electron chi connectivity index (χ0n) is 10.6. The number of ketones is 1. The van der Waals surface area contributed by atoms with E-state index in [0.29, 0.717) is 11.3 Å². The van der Waals surface area contributed by atoms with Gasteiger partial charge in [0.05, 0.1) is 0 Å². The van der Waals surface area contributed by atoms with Crippen molar-refractivity contribution in [2.24, 2.45) is 0 Å². The minimum atomic E-state index is -0.0161. The second-order valence-electron chi connectivity index (χ2n) is 4.34. The van der Waals surface area contributed by atoms with E-state index in [1.165, 1.54) is 18.4 Å². The number of hydrogen-bond acceptors (Lipinski definition) is 2. The summed E-state index contributed by atoms with van der Waals surface area (Å²) >= 11 is 0. The van der Waals surface area contributed by atoms with E-state index in [2.05, 4.69) is 11.9 Å². The Balaban J connectivity index is 2.12. The van der Waals surface area contributed by atoms with Crippen LogP contribution in [0.15, 0.2) is 48.7 Å². The number of rotatable bonds is 5. The SMILES string of the molecule is CCCCc1ccc(C(=O)c2ccccn2)cc1. The summed E-state index contributed by atoms with van der Waals surface area (Å²) in [6.45, 7) is 2.18. The monoisotopic (exact) mass is 239 g/mol. The van der Waals surface area contributed by atoms with Gasteiger partial charge in [-0.3, -0.25) is 9.78 Å². The highest BCUT2D eigenvalue weighted by Crippen LogP contribution is 2.11. The highest BCUT2D eigenvalue weighted by molar-refractivity contribution is 6.07. The molecule has 1 aromatic carbocycles. The standard InChI is InChI=1S/C16H17NO/c1-2-3-6-13-8-10-14(11-9-13)16(18)15-7-4-5-12-17-15/h4-5,7-12H,2-3,6H2,1H3. The molecular formula is C16H17NO. The predicted octanol–water partition coefficient (Wildman–Crippen LogP) is 3.66. The van der Waals surface area contributed by atoms with E-state index in [1.807, 2.05) is 36.4 Å². The lowest BCUT2D eigenvalue weighted by Gasteiger charge is -2.03. The second kappa shape index (κ2) is 6.10. The molecule has 0 N–H and O–H groups in total. The van der Waals surface area contributed by atoms with Crippen LogP contribution < -0.4 is 0 Å². The molecule has 0 aliphatic carbocycles. The Morgan fingerprint density at radius 1 is 1.11 bits per heavy atom. The van der Waals surface area contributed by atoms with Crippen molar-refractivity contribution < 1.29 is 4.79 Å². The largest absolute Gasteiger partial charge is 0.287 e. The van der Waals surface area contributed by atoms with Crippen LogP contribution in [0, 0.1) is 0 Å². The van der Waals surface area contributed by atoms with Crippen molar-refractivity contribution >= 4 is 5.78 Å². The van der Waals surface area contributed by atoms with Crippen LogP contribution in [0.2, 0.25) is 0 Å². The fourth-order valence-electron chi connectivity index (χ4n) is 1.85. The summed E-state index contributed by atoms with van der Waals surface area (Å²) in [4.78, 5) is 16.2. The third-order valence-electron chi connectivity index (χ3n) is 2.93. The minimum absolute atomic E-state index is 0.0161. The molecule has 0 amide bonds. The first kappa shape index (κ1) is 12.5. The van der Waals surface area contributed by atoms with Gasteiger partial charge in [0.25, 0.3) is 0 Å². The topological polar surface area (TPSA) is 30.0 Å². The first-order chi connectivity index (χ1) is 8.81. The van der Waals surface area contributed by atoms with Gasteiger partial charge in [-0.2, -0.15) is 0 Å². The maximum absolute atomic E-state index is 12.1. The first-order valence-electron chi connectivity index (χ1n) is 6.36. The van der Waals surface area contributed by atoms with Crippen molar-refractivity contribution in [3.05, 3.63) is 65.5 Å². The van der Waals surface area contributed by atoms with Crippen LogP contribution in [0.4, 0.5) is 0 Å². The average molecular weight is 239 g/mol. The average Bonchev–Trinajstić information content (AvgIpc) is 2.46. The summed E-state index contributed by atoms with van der Waals surface area (Å²) in [5.74, 6) is -0.0161. The van der Waals surface area contributed by atoms with Gasteiger partial charge in [0, 0.05) is 11.8 Å². The molecule has 0 saturated heterocycles. The molecule has 1 heterocycles. The van der Waals surface area contributed by atoms with Crippen molar-refractivity contribution in [2.45, 2.75) is 26.2 Å². The van der Waals surface area contributed by atoms with Crippen molar-refractivity contribution in [3.63, 3.8) is 0 Å². The van der Waals surface area contributed by atoms with Crippen LogP contribution in [0.3, 0.4) is 0 Å². The zero-order valence-corrected chi connectivity index (χ0v) is 10.6. The zero-order chi connectivity index (χ0) is 12.8. The number of aryl methyl sites for hydroxylation is 1. The normalized spacial score (nSPS) is 10.3. The van der Waals surface area contributed by atoms with E-state index in [-0.39, 0.29) is 5.78 Å². The summed E-state index contributed by atoms with van der Waals surface area (Å²) in [6, 6.07) is 13.2. The number of carbonyl (C=O) groups excluding carboxylic acids is 1. The van der Waals surface area contributed by atoms with E-state index >= 15 is 0 Å². The Kier molecular flexibility index (Phi) is 4.24. The number of nitrogens with zero attached hydrogens (tertiary/aromatic N) is 1. The molecule has 2 heteroatoms. The van der Waals surface area contributed by atoms with Crippen LogP contribution in [0.1, 0.15) is 41.4 Å². The lowest BCUT2D eigenvalue weighted by atomic mass is 10.0. The van der Waals surface area contributed by atoms with Gasteiger partial charge < -0.3 is 0 Å². The fourth-order valence-corrected chi connectivity index (χ4v) is 1.85. The third kappa shape index (κ3) is 3.04. The second-order valence-corrected chi connectivity index (χ2v) is 4.34. The summed E-state index contributed by atoms with van der Waals surface area (Å²) < 4.78 is 0. The van der Waals surface area contributed by atoms with Gasteiger partial charge in [-0.05, 0) is 30.5 Å². The molecule has 92 valence electrons. The Labute approximate surface area is 108 Å². The molecule has 18 heavy (non-hydrogen) atoms. The van der Waals surface area contributed by atoms with Crippen LogP contribution in [-0.4, -0.2) is 10.8 Å². The number of benzene rings is 1. The van der Waals surface area contributed by atoms with E-state index < -0.39 is 0 Å². The van der Waals surface area contributed by atoms with Crippen molar-refractivity contribution in [1.29, 1.82) is 0 Å². The molecule has 0 atom stereocenters. The van der Waals surface area contributed by atoms with Gasteiger partial charge in [0.15, 0.2) is 0 Å². The molecule has 0 unspecified atom stereocenters. The van der Waals surface area contributed by atoms with Crippen LogP contribution >= 0.6 is 0 Å². The lowest BCUT2D eigenvalue weighted by molar-refractivity contribution is 0.103. The van der Waals surface area contributed by atoms with Gasteiger partial charge in [-0.15, -0.1) is 0 Å². The smallest absolute Gasteiger partial charge is 0.211 e. The Morgan fingerprint density at radius 2 is 1.89 bits per heavy atom. The molecule has 0 aliphatic rings. The van der Waals surface area contributed by atoms with Crippen molar-refractivity contribution in [2.75, 3.05) is 0 Å². The third-order valence-corrected chi connectivity index (χ3v) is 2.93. The fraction of sp³-hybridized carbons (Fsp3) is 0.250. The summed E-state index contributed by atoms with van der Waals surface area (Å²) in [5, 5.41) is 0. The molecule has 2 rings (SSSR count). The quantitative estimate of drug-likeness (QED) is 0.745.